The van der Waals surface area contributed by atoms with E-state index in [-0.39, 0.29) is 12.8 Å². The molecule has 0 amide bonds. The molecule has 10 heteroatoms. The maximum Gasteiger partial charge on any atom is 0.470 e. The largest absolute Gasteiger partial charge is 0.480 e. The fraction of sp³-hybridized carbons (Fsp3) is 0.714. The van der Waals surface area contributed by atoms with Crippen LogP contribution in [0.25, 0.3) is 0 Å². The van der Waals surface area contributed by atoms with Gasteiger partial charge in [0, 0.05) is 13.0 Å². The van der Waals surface area contributed by atoms with Gasteiger partial charge in [0.2, 0.25) is 0 Å². The lowest BCUT2D eigenvalue weighted by molar-refractivity contribution is -0.138. The number of rotatable bonds is 8. The first-order chi connectivity index (χ1) is 7.67. The van der Waals surface area contributed by atoms with E-state index in [1.54, 1.807) is 0 Å². The normalized spacial score (nSPS) is 15.3. The number of phosphoric ester groups is 1. The van der Waals surface area contributed by atoms with Crippen LogP contribution in [0.1, 0.15) is 12.8 Å². The number of carbonyl (C=O) groups excluding carboxylic acids is 1. The van der Waals surface area contributed by atoms with Crippen LogP contribution in [0.15, 0.2) is 0 Å². The summed E-state index contributed by atoms with van der Waals surface area (Å²) in [6.45, 7) is -0.410. The second-order valence-electron chi connectivity index (χ2n) is 3.27. The van der Waals surface area contributed by atoms with Crippen molar-refractivity contribution < 1.29 is 33.6 Å². The van der Waals surface area contributed by atoms with Crippen molar-refractivity contribution >= 4 is 19.6 Å². The number of hydrogen-bond donors (Lipinski definition) is 5. The number of carboxylic acids is 1. The van der Waals surface area contributed by atoms with Crippen LogP contribution in [0, 0.1) is 0 Å². The van der Waals surface area contributed by atoms with E-state index in [0.717, 1.165) is 0 Å². The van der Waals surface area contributed by atoms with E-state index in [2.05, 4.69) is 4.52 Å². The Morgan fingerprint density at radius 3 is 2.24 bits per heavy atom. The molecule has 0 radical (unpaired) electrons. The third-order valence-corrected chi connectivity index (χ3v) is 2.39. The average Bonchev–Trinajstić information content (AvgIpc) is 2.20. The summed E-state index contributed by atoms with van der Waals surface area (Å²) in [6.07, 6.45) is -1.90. The standard InChI is InChI=1S/C7H15N2O7P/c8-3-6(16-17(13,14)15)5(10)2-1-4(9)7(11)12/h4,6H,1-3,8-9H2,(H,11,12)(H2,13,14,15)/t4-,6?/m0/s1. The van der Waals surface area contributed by atoms with E-state index in [1.165, 1.54) is 0 Å². The molecule has 7 N–H and O–H groups in total. The second-order valence-corrected chi connectivity index (χ2v) is 4.46. The lowest BCUT2D eigenvalue weighted by atomic mass is 10.1. The molecule has 0 fully saturated rings. The molecule has 0 aromatic rings. The third kappa shape index (κ3) is 7.16. The van der Waals surface area contributed by atoms with Gasteiger partial charge in [0.15, 0.2) is 5.78 Å². The topological polar surface area (TPSA) is 173 Å². The van der Waals surface area contributed by atoms with Gasteiger partial charge in [-0.05, 0) is 6.42 Å². The minimum Gasteiger partial charge on any atom is -0.480 e. The number of nitrogens with two attached hydrogens (primary N) is 2. The van der Waals surface area contributed by atoms with Crippen LogP contribution in [0.3, 0.4) is 0 Å². The van der Waals surface area contributed by atoms with Gasteiger partial charge < -0.3 is 26.4 Å². The Labute approximate surface area is 97.0 Å². The maximum atomic E-state index is 11.4. The van der Waals surface area contributed by atoms with Crippen LogP contribution in [-0.4, -0.2) is 45.3 Å². The van der Waals surface area contributed by atoms with Crippen molar-refractivity contribution in [2.75, 3.05) is 6.54 Å². The third-order valence-electron chi connectivity index (χ3n) is 1.86. The molecule has 0 aromatic heterocycles. The molecule has 0 rings (SSSR count). The van der Waals surface area contributed by atoms with Crippen molar-refractivity contribution in [2.24, 2.45) is 11.5 Å². The van der Waals surface area contributed by atoms with Gasteiger partial charge in [-0.15, -0.1) is 0 Å². The fourth-order valence-corrected chi connectivity index (χ4v) is 1.52. The van der Waals surface area contributed by atoms with Gasteiger partial charge in [0.25, 0.3) is 0 Å². The van der Waals surface area contributed by atoms with Crippen molar-refractivity contribution in [2.45, 2.75) is 25.0 Å². The first kappa shape index (κ1) is 16.2. The van der Waals surface area contributed by atoms with E-state index in [1.807, 2.05) is 0 Å². The molecule has 0 bridgehead atoms. The number of hydrogen-bond acceptors (Lipinski definition) is 6. The van der Waals surface area contributed by atoms with Crippen LogP contribution >= 0.6 is 7.82 Å². The Morgan fingerprint density at radius 1 is 1.35 bits per heavy atom. The van der Waals surface area contributed by atoms with Crippen molar-refractivity contribution in [3.8, 4) is 0 Å². The van der Waals surface area contributed by atoms with Crippen molar-refractivity contribution in [3.05, 3.63) is 0 Å². The average molecular weight is 270 g/mol. The zero-order valence-corrected chi connectivity index (χ0v) is 9.75. The number of carboxylic acid groups (broad SMARTS) is 1. The smallest absolute Gasteiger partial charge is 0.470 e. The Bertz CT molecular complexity index is 328. The first-order valence-corrected chi connectivity index (χ1v) is 6.15. The molecule has 1 unspecified atom stereocenters. The molecule has 0 aromatic carbocycles. The van der Waals surface area contributed by atoms with Crippen molar-refractivity contribution in [3.63, 3.8) is 0 Å². The molecule has 9 nitrogen and oxygen atoms in total. The molecule has 0 aliphatic heterocycles. The Morgan fingerprint density at radius 2 is 1.88 bits per heavy atom. The number of aliphatic carboxylic acids is 1. The van der Waals surface area contributed by atoms with Crippen molar-refractivity contribution in [1.29, 1.82) is 0 Å². The van der Waals surface area contributed by atoms with Crippen LogP contribution < -0.4 is 11.5 Å². The molecule has 17 heavy (non-hydrogen) atoms. The van der Waals surface area contributed by atoms with E-state index < -0.39 is 38.3 Å². The number of Topliss-reactive ketones (excluding diaryl/α,β-unsaturated/α-hetero) is 1. The second kappa shape index (κ2) is 6.80. The van der Waals surface area contributed by atoms with Crippen molar-refractivity contribution in [1.82, 2.24) is 0 Å². The van der Waals surface area contributed by atoms with Crippen LogP contribution in [0.2, 0.25) is 0 Å². The lowest BCUT2D eigenvalue weighted by Gasteiger charge is -2.15. The summed E-state index contributed by atoms with van der Waals surface area (Å²) >= 11 is 0. The lowest BCUT2D eigenvalue weighted by Crippen LogP contribution is -2.35. The highest BCUT2D eigenvalue weighted by atomic mass is 31.2. The molecule has 0 heterocycles. The Balaban J connectivity index is 4.27. The molecular formula is C7H15N2O7P. The molecule has 2 atom stereocenters. The summed E-state index contributed by atoms with van der Waals surface area (Å²) in [5, 5.41) is 8.46. The SMILES string of the molecule is NCC(OP(=O)(O)O)C(=O)CC[C@H](N)C(=O)O. The van der Waals surface area contributed by atoms with E-state index in [4.69, 9.17) is 26.4 Å². The fourth-order valence-electron chi connectivity index (χ4n) is 0.981. The summed E-state index contributed by atoms with van der Waals surface area (Å²) in [7, 11) is -4.81. The van der Waals surface area contributed by atoms with Gasteiger partial charge >= 0.3 is 13.8 Å². The number of ketones is 1. The van der Waals surface area contributed by atoms with Crippen LogP contribution in [0.5, 0.6) is 0 Å². The molecule has 0 saturated heterocycles. The molecule has 0 aliphatic rings. The monoisotopic (exact) mass is 270 g/mol. The minimum absolute atomic E-state index is 0.158. The summed E-state index contributed by atoms with van der Waals surface area (Å²) < 4.78 is 14.6. The summed E-state index contributed by atoms with van der Waals surface area (Å²) in [5.41, 5.74) is 10.3. The predicted octanol–water partition coefficient (Wildman–Crippen LogP) is -1.82. The van der Waals surface area contributed by atoms with Gasteiger partial charge in [0.1, 0.15) is 12.1 Å². The minimum atomic E-state index is -4.81. The van der Waals surface area contributed by atoms with E-state index >= 15 is 0 Å². The zero-order chi connectivity index (χ0) is 13.6. The summed E-state index contributed by atoms with van der Waals surface area (Å²) in [6, 6.07) is -1.22. The van der Waals surface area contributed by atoms with Gasteiger partial charge in [0.05, 0.1) is 0 Å². The maximum absolute atomic E-state index is 11.4. The number of carbonyl (C=O) groups is 2. The highest BCUT2D eigenvalue weighted by Gasteiger charge is 2.27. The molecule has 0 spiro atoms. The zero-order valence-electron chi connectivity index (χ0n) is 8.85. The van der Waals surface area contributed by atoms with E-state index in [9.17, 15) is 14.2 Å². The highest BCUT2D eigenvalue weighted by molar-refractivity contribution is 7.46. The quantitative estimate of drug-likeness (QED) is 0.318. The van der Waals surface area contributed by atoms with E-state index in [0.29, 0.717) is 0 Å². The molecular weight excluding hydrogens is 255 g/mol. The molecule has 0 aliphatic carbocycles. The predicted molar refractivity (Wildman–Crippen MR) is 55.8 cm³/mol. The van der Waals surface area contributed by atoms with Gasteiger partial charge in [-0.3, -0.25) is 14.1 Å². The summed E-state index contributed by atoms with van der Waals surface area (Å²) in [5.74, 6) is -1.97. The first-order valence-electron chi connectivity index (χ1n) is 4.62. The Kier molecular flexibility index (Phi) is 6.46. The van der Waals surface area contributed by atoms with Gasteiger partial charge in [-0.1, -0.05) is 0 Å². The van der Waals surface area contributed by atoms with Crippen LogP contribution in [-0.2, 0) is 18.7 Å². The Hall–Kier alpha value is -0.830. The molecule has 100 valence electrons. The summed E-state index contributed by atoms with van der Waals surface area (Å²) in [4.78, 5) is 38.7. The highest BCUT2D eigenvalue weighted by Crippen LogP contribution is 2.37. The van der Waals surface area contributed by atoms with Gasteiger partial charge in [-0.25, -0.2) is 4.57 Å². The van der Waals surface area contributed by atoms with Gasteiger partial charge in [-0.2, -0.15) is 0 Å². The van der Waals surface area contributed by atoms with Crippen LogP contribution in [0.4, 0.5) is 0 Å². The molecule has 0 saturated carbocycles. The number of phosphoric acid groups is 1.